The van der Waals surface area contributed by atoms with Gasteiger partial charge in [0.15, 0.2) is 0 Å². The zero-order valence-electron chi connectivity index (χ0n) is 7.85. The van der Waals surface area contributed by atoms with Crippen LogP contribution in [0.15, 0.2) is 29.4 Å². The molecule has 0 saturated carbocycles. The van der Waals surface area contributed by atoms with Crippen molar-refractivity contribution in [2.45, 2.75) is 0 Å². The van der Waals surface area contributed by atoms with Crippen LogP contribution >= 0.6 is 23.2 Å². The molecule has 1 aromatic carbocycles. The Labute approximate surface area is 101 Å². The van der Waals surface area contributed by atoms with E-state index in [1.54, 1.807) is 24.3 Å². The maximum atomic E-state index is 8.25. The summed E-state index contributed by atoms with van der Waals surface area (Å²) in [5.41, 5.74) is 9.69. The van der Waals surface area contributed by atoms with Crippen molar-refractivity contribution in [1.29, 1.82) is 0 Å². The van der Waals surface area contributed by atoms with Crippen LogP contribution in [0.3, 0.4) is 0 Å². The lowest BCUT2D eigenvalue weighted by Gasteiger charge is -1.98. The highest BCUT2D eigenvalue weighted by Gasteiger charge is 2.05. The van der Waals surface area contributed by atoms with E-state index in [0.29, 0.717) is 21.6 Å². The predicted octanol–water partition coefficient (Wildman–Crippen LogP) is 4.33. The minimum absolute atomic E-state index is 0.351. The second-order valence-electron chi connectivity index (χ2n) is 2.96. The van der Waals surface area contributed by atoms with Gasteiger partial charge in [0, 0.05) is 10.5 Å². The molecule has 0 aliphatic carbocycles. The predicted molar refractivity (Wildman–Crippen MR) is 62.8 cm³/mol. The minimum Gasteiger partial charge on any atom is -0.275 e. The lowest BCUT2D eigenvalue weighted by atomic mass is 10.1. The lowest BCUT2D eigenvalue weighted by Crippen LogP contribution is -1.78. The summed E-state index contributed by atoms with van der Waals surface area (Å²) in [6, 6.07) is 6.78. The van der Waals surface area contributed by atoms with E-state index >= 15 is 0 Å². The molecule has 0 fully saturated rings. The smallest absolute Gasteiger partial charge is 0.122 e. The van der Waals surface area contributed by atoms with Crippen molar-refractivity contribution in [2.24, 2.45) is 5.11 Å². The number of hydrogen-bond donors (Lipinski definition) is 1. The minimum atomic E-state index is 0.351. The molecule has 16 heavy (non-hydrogen) atoms. The second kappa shape index (κ2) is 4.45. The van der Waals surface area contributed by atoms with Crippen molar-refractivity contribution in [2.75, 3.05) is 0 Å². The third kappa shape index (κ3) is 2.12. The van der Waals surface area contributed by atoms with Gasteiger partial charge in [-0.25, -0.2) is 0 Å². The number of aromatic nitrogens is 2. The fourth-order valence-electron chi connectivity index (χ4n) is 1.21. The van der Waals surface area contributed by atoms with E-state index in [2.05, 4.69) is 20.2 Å². The summed E-state index contributed by atoms with van der Waals surface area (Å²) < 4.78 is 0. The Balaban J connectivity index is 2.42. The van der Waals surface area contributed by atoms with Gasteiger partial charge in [0.1, 0.15) is 5.82 Å². The average Bonchev–Trinajstić information content (AvgIpc) is 2.71. The molecule has 1 aromatic heterocycles. The molecular formula is C9H5Cl2N5. The van der Waals surface area contributed by atoms with E-state index in [-0.39, 0.29) is 0 Å². The highest BCUT2D eigenvalue weighted by molar-refractivity contribution is 6.42. The van der Waals surface area contributed by atoms with E-state index in [0.717, 1.165) is 5.56 Å². The molecule has 0 atom stereocenters. The van der Waals surface area contributed by atoms with E-state index in [4.69, 9.17) is 28.7 Å². The topological polar surface area (TPSA) is 77.4 Å². The molecule has 5 nitrogen and oxygen atoms in total. The number of benzene rings is 1. The van der Waals surface area contributed by atoms with Crippen LogP contribution in [0.4, 0.5) is 5.82 Å². The number of halogens is 2. The Hall–Kier alpha value is -1.68. The van der Waals surface area contributed by atoms with Gasteiger partial charge in [0.05, 0.1) is 15.7 Å². The van der Waals surface area contributed by atoms with Crippen LogP contribution in [0.1, 0.15) is 0 Å². The molecule has 1 heterocycles. The summed E-state index contributed by atoms with van der Waals surface area (Å²) in [4.78, 5) is 2.65. The van der Waals surface area contributed by atoms with Crippen molar-refractivity contribution in [3.05, 3.63) is 44.8 Å². The number of azide groups is 1. The van der Waals surface area contributed by atoms with Crippen LogP contribution in [0, 0.1) is 0 Å². The van der Waals surface area contributed by atoms with Crippen LogP contribution in [-0.4, -0.2) is 10.2 Å². The van der Waals surface area contributed by atoms with Crippen LogP contribution < -0.4 is 0 Å². The number of rotatable bonds is 2. The van der Waals surface area contributed by atoms with Crippen molar-refractivity contribution in [3.8, 4) is 11.3 Å². The monoisotopic (exact) mass is 253 g/mol. The van der Waals surface area contributed by atoms with Crippen molar-refractivity contribution >= 4 is 29.0 Å². The van der Waals surface area contributed by atoms with Gasteiger partial charge in [-0.1, -0.05) is 29.3 Å². The molecule has 2 aromatic rings. The molecule has 0 amide bonds. The van der Waals surface area contributed by atoms with Gasteiger partial charge in [-0.05, 0) is 28.8 Å². The maximum Gasteiger partial charge on any atom is 0.122 e. The van der Waals surface area contributed by atoms with Gasteiger partial charge >= 0.3 is 0 Å². The summed E-state index contributed by atoms with van der Waals surface area (Å²) in [6.45, 7) is 0. The molecular weight excluding hydrogens is 249 g/mol. The molecule has 0 spiro atoms. The van der Waals surface area contributed by atoms with Crippen molar-refractivity contribution < 1.29 is 0 Å². The Morgan fingerprint density at radius 2 is 2.06 bits per heavy atom. The lowest BCUT2D eigenvalue weighted by molar-refractivity contribution is 1.08. The third-order valence-electron chi connectivity index (χ3n) is 1.93. The van der Waals surface area contributed by atoms with Crippen molar-refractivity contribution in [1.82, 2.24) is 10.2 Å². The average molecular weight is 254 g/mol. The molecule has 2 rings (SSSR count). The van der Waals surface area contributed by atoms with Crippen LogP contribution in [-0.2, 0) is 0 Å². The van der Waals surface area contributed by atoms with E-state index < -0.39 is 0 Å². The van der Waals surface area contributed by atoms with E-state index in [1.807, 2.05) is 0 Å². The molecule has 1 N–H and O–H groups in total. The molecule has 0 aliphatic heterocycles. The molecule has 0 radical (unpaired) electrons. The Morgan fingerprint density at radius 1 is 1.25 bits per heavy atom. The van der Waals surface area contributed by atoms with Crippen molar-refractivity contribution in [3.63, 3.8) is 0 Å². The fourth-order valence-corrected chi connectivity index (χ4v) is 1.51. The molecule has 0 saturated heterocycles. The Kier molecular flexibility index (Phi) is 3.01. The van der Waals surface area contributed by atoms with Crippen LogP contribution in [0.25, 0.3) is 21.7 Å². The zero-order valence-corrected chi connectivity index (χ0v) is 9.37. The number of aromatic amines is 1. The highest BCUT2D eigenvalue weighted by atomic mass is 35.5. The van der Waals surface area contributed by atoms with Gasteiger partial charge in [-0.3, -0.25) is 5.10 Å². The standard InChI is InChI=1S/C9H5Cl2N5/c10-6-2-1-5(3-7(6)11)8-4-9(14-13-8)15-16-12/h1-4H,(H,13,14). The van der Waals surface area contributed by atoms with Gasteiger partial charge in [-0.2, -0.15) is 5.10 Å². The first-order valence-electron chi connectivity index (χ1n) is 4.26. The molecule has 0 unspecified atom stereocenters. The summed E-state index contributed by atoms with van der Waals surface area (Å²) in [7, 11) is 0. The van der Waals surface area contributed by atoms with Gasteiger partial charge in [0.25, 0.3) is 0 Å². The van der Waals surface area contributed by atoms with Crippen LogP contribution in [0.2, 0.25) is 10.0 Å². The summed E-state index contributed by atoms with van der Waals surface area (Å²) in [6.07, 6.45) is 0. The third-order valence-corrected chi connectivity index (χ3v) is 2.67. The normalized spacial score (nSPS) is 9.88. The number of nitrogens with one attached hydrogen (secondary N) is 1. The zero-order chi connectivity index (χ0) is 11.5. The fraction of sp³-hybridized carbons (Fsp3) is 0. The maximum absolute atomic E-state index is 8.25. The first-order valence-corrected chi connectivity index (χ1v) is 5.02. The second-order valence-corrected chi connectivity index (χ2v) is 3.77. The Bertz CT molecular complexity index is 571. The highest BCUT2D eigenvalue weighted by Crippen LogP contribution is 2.28. The SMILES string of the molecule is [N-]=[N+]=Nc1cc(-c2ccc(Cl)c(Cl)c2)n[nH]1. The molecule has 0 bridgehead atoms. The summed E-state index contributed by atoms with van der Waals surface area (Å²) >= 11 is 11.7. The van der Waals surface area contributed by atoms with Gasteiger partial charge < -0.3 is 0 Å². The van der Waals surface area contributed by atoms with Gasteiger partial charge in [0.2, 0.25) is 0 Å². The molecule has 7 heteroatoms. The Morgan fingerprint density at radius 3 is 2.75 bits per heavy atom. The number of H-pyrrole nitrogens is 1. The number of hydrogen-bond acceptors (Lipinski definition) is 2. The van der Waals surface area contributed by atoms with Gasteiger partial charge in [-0.15, -0.1) is 0 Å². The largest absolute Gasteiger partial charge is 0.275 e. The quantitative estimate of drug-likeness (QED) is 0.483. The van der Waals surface area contributed by atoms with E-state index in [9.17, 15) is 0 Å². The molecule has 80 valence electrons. The molecule has 0 aliphatic rings. The van der Waals surface area contributed by atoms with Crippen LogP contribution in [0.5, 0.6) is 0 Å². The first kappa shape index (κ1) is 10.8. The summed E-state index contributed by atoms with van der Waals surface area (Å²) in [5.74, 6) is 0.351. The first-order chi connectivity index (χ1) is 7.70. The summed E-state index contributed by atoms with van der Waals surface area (Å²) in [5, 5.41) is 10.9. The van der Waals surface area contributed by atoms with E-state index in [1.165, 1.54) is 0 Å². The number of nitrogens with zero attached hydrogens (tertiary/aromatic N) is 4.